The van der Waals surface area contributed by atoms with Gasteiger partial charge >= 0.3 is 0 Å². The lowest BCUT2D eigenvalue weighted by molar-refractivity contribution is 0.315. The first-order valence-electron chi connectivity index (χ1n) is 5.46. The van der Waals surface area contributed by atoms with Crippen LogP contribution < -0.4 is 10.5 Å². The van der Waals surface area contributed by atoms with E-state index in [0.717, 1.165) is 0 Å². The molecule has 0 aliphatic heterocycles. The molecule has 8 heteroatoms. The van der Waals surface area contributed by atoms with Crippen molar-refractivity contribution in [2.45, 2.75) is 45.7 Å². The van der Waals surface area contributed by atoms with E-state index in [1.807, 2.05) is 6.92 Å². The summed E-state index contributed by atoms with van der Waals surface area (Å²) in [7, 11) is -2.03. The van der Waals surface area contributed by atoms with E-state index in [0.29, 0.717) is 6.42 Å². The molecule has 0 heterocycles. The molecule has 0 aromatic heterocycles. The number of hydrogen-bond donors (Lipinski definition) is 3. The Labute approximate surface area is 103 Å². The monoisotopic (exact) mass is 266 g/mol. The molecule has 7 nitrogen and oxygen atoms in total. The number of amidine groups is 1. The Balaban J connectivity index is 4.67. The van der Waals surface area contributed by atoms with Crippen molar-refractivity contribution in [1.29, 1.82) is 0 Å². The Hall–Kier alpha value is -0.860. The fourth-order valence-corrected chi connectivity index (χ4v) is 2.53. The van der Waals surface area contributed by atoms with Gasteiger partial charge in [-0.1, -0.05) is 12.1 Å². The van der Waals surface area contributed by atoms with E-state index in [-0.39, 0.29) is 24.3 Å². The average Bonchev–Trinajstić information content (AvgIpc) is 2.26. The van der Waals surface area contributed by atoms with Crippen LogP contribution >= 0.6 is 0 Å². The molecule has 0 spiro atoms. The second-order valence-electron chi connectivity index (χ2n) is 4.13. The Bertz CT molecular complexity index is 353. The van der Waals surface area contributed by atoms with Crippen LogP contribution in [0.25, 0.3) is 0 Å². The average molecular weight is 266 g/mol. The molecule has 0 aromatic rings. The van der Waals surface area contributed by atoms with Crippen LogP contribution in [-0.4, -0.2) is 42.9 Å². The van der Waals surface area contributed by atoms with Crippen molar-refractivity contribution in [2.75, 3.05) is 7.05 Å². The van der Waals surface area contributed by atoms with Crippen molar-refractivity contribution in [3.05, 3.63) is 0 Å². The highest BCUT2D eigenvalue weighted by Gasteiger charge is 2.23. The van der Waals surface area contributed by atoms with Crippen LogP contribution in [0.3, 0.4) is 0 Å². The number of rotatable bonds is 7. The molecule has 0 radical (unpaired) electrons. The van der Waals surface area contributed by atoms with Crippen molar-refractivity contribution >= 4 is 16.0 Å². The second kappa shape index (κ2) is 6.77. The molecule has 0 saturated heterocycles. The van der Waals surface area contributed by atoms with Crippen LogP contribution in [0.15, 0.2) is 5.16 Å². The molecule has 4 N–H and O–H groups in total. The quantitative estimate of drug-likeness (QED) is 0.262. The maximum absolute atomic E-state index is 11.9. The number of nitrogens with one attached hydrogen (secondary N) is 1. The topological polar surface area (TPSA) is 108 Å². The van der Waals surface area contributed by atoms with Crippen LogP contribution in [-0.2, 0) is 10.2 Å². The van der Waals surface area contributed by atoms with Gasteiger partial charge in [-0.15, -0.1) is 0 Å². The molecule has 1 atom stereocenters. The highest BCUT2D eigenvalue weighted by Crippen LogP contribution is 2.05. The van der Waals surface area contributed by atoms with Gasteiger partial charge in [-0.25, -0.2) is 0 Å². The van der Waals surface area contributed by atoms with E-state index >= 15 is 0 Å². The molecule has 0 amide bonds. The summed E-state index contributed by atoms with van der Waals surface area (Å²) in [6.45, 7) is 5.39. The van der Waals surface area contributed by atoms with Gasteiger partial charge in [-0.3, -0.25) is 0 Å². The van der Waals surface area contributed by atoms with E-state index in [1.54, 1.807) is 13.8 Å². The molecular weight excluding hydrogens is 244 g/mol. The third-order valence-corrected chi connectivity index (χ3v) is 4.31. The van der Waals surface area contributed by atoms with Crippen LogP contribution in [0.4, 0.5) is 0 Å². The first-order chi connectivity index (χ1) is 7.74. The SMILES string of the molecule is CCC(CC(N)=NO)NS(=O)(=O)N(C)C(C)C. The van der Waals surface area contributed by atoms with Gasteiger partial charge in [0.15, 0.2) is 0 Å². The minimum atomic E-state index is -3.53. The van der Waals surface area contributed by atoms with E-state index in [4.69, 9.17) is 10.9 Å². The molecule has 0 rings (SSSR count). The lowest BCUT2D eigenvalue weighted by Crippen LogP contribution is -2.47. The van der Waals surface area contributed by atoms with Crippen molar-refractivity contribution in [3.63, 3.8) is 0 Å². The van der Waals surface area contributed by atoms with Gasteiger partial charge in [-0.2, -0.15) is 17.4 Å². The van der Waals surface area contributed by atoms with Crippen molar-refractivity contribution in [3.8, 4) is 0 Å². The summed E-state index contributed by atoms with van der Waals surface area (Å²) in [5, 5.41) is 11.3. The Kier molecular flexibility index (Phi) is 6.43. The van der Waals surface area contributed by atoms with Gasteiger partial charge in [0.25, 0.3) is 10.2 Å². The third-order valence-electron chi connectivity index (χ3n) is 2.50. The summed E-state index contributed by atoms with van der Waals surface area (Å²) < 4.78 is 27.5. The standard InChI is InChI=1S/C9H22N4O3S/c1-5-8(6-9(10)11-14)12-17(15,16)13(4)7(2)3/h7-8,12,14H,5-6H2,1-4H3,(H2,10,11). The van der Waals surface area contributed by atoms with Crippen LogP contribution in [0.1, 0.15) is 33.6 Å². The Morgan fingerprint density at radius 2 is 2.06 bits per heavy atom. The number of nitrogens with two attached hydrogens (primary N) is 1. The van der Waals surface area contributed by atoms with Crippen molar-refractivity contribution in [2.24, 2.45) is 10.9 Å². The molecule has 17 heavy (non-hydrogen) atoms. The van der Waals surface area contributed by atoms with Crippen LogP contribution in [0.5, 0.6) is 0 Å². The van der Waals surface area contributed by atoms with E-state index in [9.17, 15) is 8.42 Å². The third kappa shape index (κ3) is 5.33. The Morgan fingerprint density at radius 1 is 1.53 bits per heavy atom. The predicted molar refractivity (Wildman–Crippen MR) is 67.1 cm³/mol. The zero-order valence-corrected chi connectivity index (χ0v) is 11.5. The predicted octanol–water partition coefficient (Wildman–Crippen LogP) is 0.0761. The molecule has 102 valence electrons. The van der Waals surface area contributed by atoms with Crippen LogP contribution in [0, 0.1) is 0 Å². The minimum Gasteiger partial charge on any atom is -0.409 e. The molecule has 0 bridgehead atoms. The largest absolute Gasteiger partial charge is 0.409 e. The first kappa shape index (κ1) is 16.1. The second-order valence-corrected chi connectivity index (χ2v) is 5.90. The fourth-order valence-electron chi connectivity index (χ4n) is 1.13. The molecular formula is C9H22N4O3S. The summed E-state index contributed by atoms with van der Waals surface area (Å²) in [5.41, 5.74) is 5.36. The van der Waals surface area contributed by atoms with E-state index < -0.39 is 10.2 Å². The molecule has 0 saturated carbocycles. The summed E-state index contributed by atoms with van der Waals surface area (Å²) in [5.74, 6) is 0.00625. The zero-order chi connectivity index (χ0) is 13.6. The van der Waals surface area contributed by atoms with E-state index in [1.165, 1.54) is 11.4 Å². The summed E-state index contributed by atoms with van der Waals surface area (Å²) >= 11 is 0. The normalized spacial score (nSPS) is 15.5. The molecule has 0 aromatic carbocycles. The summed E-state index contributed by atoms with van der Waals surface area (Å²) in [6.07, 6.45) is 0.736. The number of nitrogens with zero attached hydrogens (tertiary/aromatic N) is 2. The number of hydrogen-bond acceptors (Lipinski definition) is 4. The van der Waals surface area contributed by atoms with Crippen molar-refractivity contribution in [1.82, 2.24) is 9.03 Å². The molecule has 1 unspecified atom stereocenters. The smallest absolute Gasteiger partial charge is 0.279 e. The number of oxime groups is 1. The molecule has 0 aliphatic rings. The zero-order valence-electron chi connectivity index (χ0n) is 10.7. The highest BCUT2D eigenvalue weighted by molar-refractivity contribution is 7.87. The van der Waals surface area contributed by atoms with Crippen LogP contribution in [0.2, 0.25) is 0 Å². The van der Waals surface area contributed by atoms with Gasteiger partial charge in [0.1, 0.15) is 5.84 Å². The lowest BCUT2D eigenvalue weighted by Gasteiger charge is -2.24. The highest BCUT2D eigenvalue weighted by atomic mass is 32.2. The van der Waals surface area contributed by atoms with Gasteiger partial charge < -0.3 is 10.9 Å². The van der Waals surface area contributed by atoms with Gasteiger partial charge in [-0.05, 0) is 20.3 Å². The Morgan fingerprint density at radius 3 is 2.41 bits per heavy atom. The van der Waals surface area contributed by atoms with Crippen molar-refractivity contribution < 1.29 is 13.6 Å². The molecule has 0 aliphatic carbocycles. The fraction of sp³-hybridized carbons (Fsp3) is 0.889. The lowest BCUT2D eigenvalue weighted by atomic mass is 10.1. The summed E-state index contributed by atoms with van der Waals surface area (Å²) in [6, 6.07) is -0.508. The van der Waals surface area contributed by atoms with Gasteiger partial charge in [0.05, 0.1) is 0 Å². The minimum absolute atomic E-state index is 0.00625. The van der Waals surface area contributed by atoms with Gasteiger partial charge in [0.2, 0.25) is 0 Å². The summed E-state index contributed by atoms with van der Waals surface area (Å²) in [4.78, 5) is 0. The first-order valence-corrected chi connectivity index (χ1v) is 6.90. The van der Waals surface area contributed by atoms with Gasteiger partial charge in [0, 0.05) is 25.6 Å². The van der Waals surface area contributed by atoms with E-state index in [2.05, 4.69) is 9.88 Å². The molecule has 0 fully saturated rings. The maximum atomic E-state index is 11.9. The maximum Gasteiger partial charge on any atom is 0.279 e.